The Kier molecular flexibility index (Phi) is 5.51. The molecule has 3 heterocycles. The summed E-state index contributed by atoms with van der Waals surface area (Å²) in [5.41, 5.74) is 3.03. The number of rotatable bonds is 6. The average Bonchev–Trinajstić information content (AvgIpc) is 3.24. The number of hydrogen-bond acceptors (Lipinski definition) is 6. The zero-order valence-electron chi connectivity index (χ0n) is 18.0. The number of benzene rings is 2. The monoisotopic (exact) mass is 462 g/mol. The number of nitrogens with zero attached hydrogens (tertiary/aromatic N) is 5. The Hall–Kier alpha value is -3.78. The van der Waals surface area contributed by atoms with E-state index < -0.39 is 0 Å². The highest BCUT2D eigenvalue weighted by Gasteiger charge is 2.16. The minimum Gasteiger partial charge on any atom is -0.497 e. The number of halogens is 2. The van der Waals surface area contributed by atoms with E-state index >= 15 is 0 Å². The van der Waals surface area contributed by atoms with Crippen molar-refractivity contribution in [3.8, 4) is 5.75 Å². The maximum atomic E-state index is 14.3. The summed E-state index contributed by atoms with van der Waals surface area (Å²) in [6.45, 7) is 2.52. The fourth-order valence-corrected chi connectivity index (χ4v) is 4.01. The third-order valence-electron chi connectivity index (χ3n) is 5.50. The number of hydrogen-bond donors (Lipinski definition) is 1. The molecule has 0 saturated carbocycles. The van der Waals surface area contributed by atoms with Crippen molar-refractivity contribution in [1.82, 2.24) is 24.5 Å². The highest BCUT2D eigenvalue weighted by Crippen LogP contribution is 2.29. The molecule has 1 atom stereocenters. The van der Waals surface area contributed by atoms with Crippen LogP contribution in [0, 0.1) is 5.82 Å². The molecule has 0 aliphatic heterocycles. The molecule has 0 saturated heterocycles. The molecular weight excluding hydrogens is 443 g/mol. The molecule has 166 valence electrons. The van der Waals surface area contributed by atoms with Crippen LogP contribution in [-0.4, -0.2) is 31.6 Å². The van der Waals surface area contributed by atoms with Gasteiger partial charge in [0.2, 0.25) is 0 Å². The van der Waals surface area contributed by atoms with E-state index in [0.29, 0.717) is 40.0 Å². The molecule has 0 unspecified atom stereocenters. The van der Waals surface area contributed by atoms with Gasteiger partial charge < -0.3 is 14.6 Å². The summed E-state index contributed by atoms with van der Waals surface area (Å²) in [6, 6.07) is 14.0. The average molecular weight is 463 g/mol. The number of nitrogens with one attached hydrogen (secondary N) is 1. The quantitative estimate of drug-likeness (QED) is 0.340. The fourth-order valence-electron chi connectivity index (χ4n) is 3.75. The molecule has 0 aliphatic carbocycles. The Labute approximate surface area is 194 Å². The maximum absolute atomic E-state index is 14.3. The van der Waals surface area contributed by atoms with E-state index in [1.165, 1.54) is 12.4 Å². The normalized spacial score (nSPS) is 12.2. The second-order valence-electron chi connectivity index (χ2n) is 7.65. The molecule has 0 aliphatic rings. The van der Waals surface area contributed by atoms with Gasteiger partial charge in [-0.2, -0.15) is 0 Å². The minimum atomic E-state index is -0.341. The van der Waals surface area contributed by atoms with Gasteiger partial charge in [0.25, 0.3) is 0 Å². The molecule has 0 radical (unpaired) electrons. The van der Waals surface area contributed by atoms with Gasteiger partial charge in [0.05, 0.1) is 31.7 Å². The maximum Gasteiger partial charge on any atom is 0.165 e. The van der Waals surface area contributed by atoms with E-state index in [1.807, 2.05) is 35.8 Å². The van der Waals surface area contributed by atoms with Crippen LogP contribution in [0.2, 0.25) is 5.15 Å². The summed E-state index contributed by atoms with van der Waals surface area (Å²) in [7, 11) is 1.64. The smallest absolute Gasteiger partial charge is 0.165 e. The second kappa shape index (κ2) is 8.63. The summed E-state index contributed by atoms with van der Waals surface area (Å²) in [4.78, 5) is 17.8. The first-order valence-corrected chi connectivity index (χ1v) is 10.7. The molecule has 0 bridgehead atoms. The van der Waals surface area contributed by atoms with Crippen LogP contribution >= 0.6 is 11.6 Å². The molecule has 33 heavy (non-hydrogen) atoms. The van der Waals surface area contributed by atoms with Crippen molar-refractivity contribution in [2.24, 2.45) is 0 Å². The van der Waals surface area contributed by atoms with Gasteiger partial charge in [-0.25, -0.2) is 24.3 Å². The Morgan fingerprint density at radius 2 is 1.91 bits per heavy atom. The number of pyridine rings is 1. The van der Waals surface area contributed by atoms with Crippen molar-refractivity contribution in [2.75, 3.05) is 12.4 Å². The van der Waals surface area contributed by atoms with Crippen molar-refractivity contribution < 1.29 is 9.13 Å². The Balaban J connectivity index is 1.43. The van der Waals surface area contributed by atoms with Crippen LogP contribution < -0.4 is 10.1 Å². The first-order chi connectivity index (χ1) is 16.0. The van der Waals surface area contributed by atoms with Gasteiger partial charge >= 0.3 is 0 Å². The third kappa shape index (κ3) is 4.05. The van der Waals surface area contributed by atoms with Crippen LogP contribution in [0.5, 0.6) is 5.75 Å². The zero-order chi connectivity index (χ0) is 22.9. The van der Waals surface area contributed by atoms with Gasteiger partial charge in [0.15, 0.2) is 11.5 Å². The topological polar surface area (TPSA) is 77.8 Å². The van der Waals surface area contributed by atoms with Gasteiger partial charge in [-0.05, 0) is 36.8 Å². The van der Waals surface area contributed by atoms with Gasteiger partial charge in [0, 0.05) is 10.8 Å². The molecule has 5 rings (SSSR count). The van der Waals surface area contributed by atoms with E-state index in [2.05, 4.69) is 25.3 Å². The van der Waals surface area contributed by atoms with E-state index in [-0.39, 0.29) is 17.0 Å². The van der Waals surface area contributed by atoms with Gasteiger partial charge in [-0.15, -0.1) is 0 Å². The molecule has 3 aromatic heterocycles. The van der Waals surface area contributed by atoms with Crippen LogP contribution in [0.15, 0.2) is 61.2 Å². The lowest BCUT2D eigenvalue weighted by Crippen LogP contribution is -2.11. The van der Waals surface area contributed by atoms with Gasteiger partial charge in [0.1, 0.15) is 28.6 Å². The molecule has 9 heteroatoms. The Bertz CT molecular complexity index is 1450. The van der Waals surface area contributed by atoms with E-state index in [9.17, 15) is 4.39 Å². The standard InChI is InChI=1S/C24H20ClFN6O/c1-14(20-10-18-17(22(25)31-20)4-3-5-19(18)26)30-23-21-24(28-12-27-23)32(13-29-21)11-15-6-8-16(33-2)9-7-15/h3-10,12-14H,11H2,1-2H3,(H,27,28,30)/t14-/m0/s1. The lowest BCUT2D eigenvalue weighted by Gasteiger charge is -2.16. The summed E-state index contributed by atoms with van der Waals surface area (Å²) in [6.07, 6.45) is 3.23. The molecule has 0 amide bonds. The molecule has 0 fully saturated rings. The third-order valence-corrected chi connectivity index (χ3v) is 5.79. The number of methoxy groups -OCH3 is 1. The second-order valence-corrected chi connectivity index (χ2v) is 8.01. The molecular formula is C24H20ClFN6O. The fraction of sp³-hybridized carbons (Fsp3) is 0.167. The molecule has 2 aromatic carbocycles. The first kappa shape index (κ1) is 21.1. The molecule has 1 N–H and O–H groups in total. The summed E-state index contributed by atoms with van der Waals surface area (Å²) < 4.78 is 21.5. The first-order valence-electron chi connectivity index (χ1n) is 10.3. The number of ether oxygens (including phenoxy) is 1. The van der Waals surface area contributed by atoms with Crippen molar-refractivity contribution >= 4 is 39.4 Å². The highest BCUT2D eigenvalue weighted by molar-refractivity contribution is 6.34. The van der Waals surface area contributed by atoms with Crippen LogP contribution in [0.1, 0.15) is 24.2 Å². The van der Waals surface area contributed by atoms with Gasteiger partial charge in [-0.3, -0.25) is 0 Å². The predicted octanol–water partition coefficient (Wildman–Crippen LogP) is 5.40. The van der Waals surface area contributed by atoms with Crippen LogP contribution in [0.3, 0.4) is 0 Å². The highest BCUT2D eigenvalue weighted by atomic mass is 35.5. The van der Waals surface area contributed by atoms with Crippen molar-refractivity contribution in [1.29, 1.82) is 0 Å². The van der Waals surface area contributed by atoms with E-state index in [0.717, 1.165) is 11.3 Å². The van der Waals surface area contributed by atoms with Gasteiger partial charge in [-0.1, -0.05) is 35.9 Å². The summed E-state index contributed by atoms with van der Waals surface area (Å²) in [5, 5.41) is 4.58. The summed E-state index contributed by atoms with van der Waals surface area (Å²) >= 11 is 6.32. The number of fused-ring (bicyclic) bond motifs is 2. The molecule has 7 nitrogen and oxygen atoms in total. The molecule has 0 spiro atoms. The van der Waals surface area contributed by atoms with Crippen LogP contribution in [-0.2, 0) is 6.54 Å². The SMILES string of the molecule is COc1ccc(Cn2cnc3c(N[C@@H](C)c4cc5c(F)cccc5c(Cl)n4)ncnc32)cc1. The number of imidazole rings is 1. The minimum absolute atomic E-state index is 0.257. The Morgan fingerprint density at radius 3 is 2.70 bits per heavy atom. The predicted molar refractivity (Wildman–Crippen MR) is 126 cm³/mol. The lowest BCUT2D eigenvalue weighted by molar-refractivity contribution is 0.414. The largest absolute Gasteiger partial charge is 0.497 e. The van der Waals surface area contributed by atoms with Crippen molar-refractivity contribution in [3.05, 3.63) is 83.4 Å². The number of anilines is 1. The van der Waals surface area contributed by atoms with Crippen molar-refractivity contribution in [2.45, 2.75) is 19.5 Å². The number of aromatic nitrogens is 5. The zero-order valence-corrected chi connectivity index (χ0v) is 18.7. The van der Waals surface area contributed by atoms with Crippen LogP contribution in [0.25, 0.3) is 21.9 Å². The van der Waals surface area contributed by atoms with E-state index in [4.69, 9.17) is 16.3 Å². The molecule has 5 aromatic rings. The Morgan fingerprint density at radius 1 is 1.09 bits per heavy atom. The summed E-state index contributed by atoms with van der Waals surface area (Å²) in [5.74, 6) is 1.03. The van der Waals surface area contributed by atoms with Crippen molar-refractivity contribution in [3.63, 3.8) is 0 Å². The van der Waals surface area contributed by atoms with Crippen LogP contribution in [0.4, 0.5) is 10.2 Å². The lowest BCUT2D eigenvalue weighted by atomic mass is 10.1. The van der Waals surface area contributed by atoms with E-state index in [1.54, 1.807) is 31.6 Å².